The Labute approximate surface area is 147 Å². The predicted molar refractivity (Wildman–Crippen MR) is 95.7 cm³/mol. The maximum absolute atomic E-state index is 11.7. The van der Waals surface area contributed by atoms with Crippen molar-refractivity contribution in [1.29, 1.82) is 0 Å². The van der Waals surface area contributed by atoms with Crippen molar-refractivity contribution < 1.29 is 14.8 Å². The van der Waals surface area contributed by atoms with Gasteiger partial charge in [0.15, 0.2) is 0 Å². The van der Waals surface area contributed by atoms with Crippen LogP contribution in [0.25, 0.3) is 5.57 Å². The van der Waals surface area contributed by atoms with Crippen LogP contribution in [-0.2, 0) is 5.41 Å². The zero-order valence-electron chi connectivity index (χ0n) is 15.6. The van der Waals surface area contributed by atoms with Gasteiger partial charge in [0.2, 0.25) is 0 Å². The molecule has 1 amide bonds. The lowest BCUT2D eigenvalue weighted by molar-refractivity contribution is -0.386. The maximum Gasteiger partial charge on any atom is 0.407 e. The Bertz CT molecular complexity index is 760. The minimum absolute atomic E-state index is 0.0439. The van der Waals surface area contributed by atoms with Gasteiger partial charge in [-0.3, -0.25) is 15.1 Å². The van der Waals surface area contributed by atoms with Gasteiger partial charge in [-0.1, -0.05) is 40.7 Å². The van der Waals surface area contributed by atoms with E-state index < -0.39 is 16.9 Å². The summed E-state index contributed by atoms with van der Waals surface area (Å²) in [6.45, 7) is 12.0. The summed E-state index contributed by atoms with van der Waals surface area (Å²) in [6.07, 6.45) is 2.57. The smallest absolute Gasteiger partial charge is 0.407 e. The third-order valence-corrected chi connectivity index (χ3v) is 4.56. The van der Waals surface area contributed by atoms with Crippen LogP contribution in [0.1, 0.15) is 51.4 Å². The van der Waals surface area contributed by atoms with Crippen molar-refractivity contribution in [1.82, 2.24) is 9.88 Å². The molecule has 136 valence electrons. The number of pyridine rings is 1. The van der Waals surface area contributed by atoms with E-state index in [2.05, 4.69) is 4.98 Å². The highest BCUT2D eigenvalue weighted by Crippen LogP contribution is 2.45. The van der Waals surface area contributed by atoms with Gasteiger partial charge in [0, 0.05) is 35.8 Å². The number of hydrogen-bond acceptors (Lipinski definition) is 4. The first-order valence-electron chi connectivity index (χ1n) is 8.19. The summed E-state index contributed by atoms with van der Waals surface area (Å²) in [5, 5.41) is 20.9. The summed E-state index contributed by atoms with van der Waals surface area (Å²) in [6, 6.07) is 0. The molecule has 0 fully saturated rings. The van der Waals surface area contributed by atoms with E-state index in [0.717, 1.165) is 11.1 Å². The van der Waals surface area contributed by atoms with Crippen molar-refractivity contribution in [3.05, 3.63) is 39.2 Å². The number of rotatable bonds is 2. The van der Waals surface area contributed by atoms with Crippen LogP contribution in [0.15, 0.2) is 12.3 Å². The third-order valence-electron chi connectivity index (χ3n) is 4.56. The third kappa shape index (κ3) is 3.50. The fourth-order valence-electron chi connectivity index (χ4n) is 3.51. The summed E-state index contributed by atoms with van der Waals surface area (Å²) < 4.78 is 0. The van der Waals surface area contributed by atoms with Gasteiger partial charge >= 0.3 is 6.09 Å². The van der Waals surface area contributed by atoms with Crippen molar-refractivity contribution in [2.75, 3.05) is 13.1 Å². The lowest BCUT2D eigenvalue weighted by Crippen LogP contribution is -2.42. The average molecular weight is 347 g/mol. The highest BCUT2D eigenvalue weighted by atomic mass is 16.6. The van der Waals surface area contributed by atoms with Crippen LogP contribution < -0.4 is 0 Å². The van der Waals surface area contributed by atoms with Gasteiger partial charge in [-0.2, -0.15) is 0 Å². The molecule has 0 saturated carbocycles. The molecule has 0 unspecified atom stereocenters. The number of amides is 1. The summed E-state index contributed by atoms with van der Waals surface area (Å²) in [5.41, 5.74) is 1.80. The van der Waals surface area contributed by atoms with Crippen LogP contribution in [0, 0.1) is 22.5 Å². The van der Waals surface area contributed by atoms with Crippen LogP contribution in [0.3, 0.4) is 0 Å². The second-order valence-corrected chi connectivity index (χ2v) is 8.15. The van der Waals surface area contributed by atoms with Gasteiger partial charge in [-0.25, -0.2) is 4.79 Å². The summed E-state index contributed by atoms with van der Waals surface area (Å²) >= 11 is 0. The van der Waals surface area contributed by atoms with Crippen LogP contribution in [0.4, 0.5) is 10.5 Å². The van der Waals surface area contributed by atoms with Crippen LogP contribution in [0.5, 0.6) is 0 Å². The number of nitro groups is 1. The molecule has 0 spiro atoms. The zero-order chi connectivity index (χ0) is 19.2. The number of carboxylic acid groups (broad SMARTS) is 1. The van der Waals surface area contributed by atoms with Crippen LogP contribution in [-0.4, -0.2) is 39.1 Å². The number of aryl methyl sites for hydroxylation is 1. The Balaban J connectivity index is 2.73. The molecule has 7 heteroatoms. The molecule has 1 aliphatic rings. The first kappa shape index (κ1) is 18.9. The highest BCUT2D eigenvalue weighted by Gasteiger charge is 2.38. The van der Waals surface area contributed by atoms with Gasteiger partial charge in [0.05, 0.1) is 4.92 Å². The standard InChI is InChI=1S/C18H25N3O4/c1-11-15(21(24)25)14(17(2,3)4)12(9-19-11)13-7-8-20(16(22)23)10-18(13,5)6/h7,9H,8,10H2,1-6H3,(H,22,23). The monoisotopic (exact) mass is 347 g/mol. The van der Waals surface area contributed by atoms with Gasteiger partial charge in [-0.05, 0) is 17.9 Å². The molecular formula is C18H25N3O4. The highest BCUT2D eigenvalue weighted by molar-refractivity contribution is 5.78. The Kier molecular flexibility index (Phi) is 4.63. The first-order chi connectivity index (χ1) is 11.4. The van der Waals surface area contributed by atoms with Crippen LogP contribution in [0.2, 0.25) is 0 Å². The fourth-order valence-corrected chi connectivity index (χ4v) is 3.51. The minimum Gasteiger partial charge on any atom is -0.465 e. The minimum atomic E-state index is -0.965. The zero-order valence-corrected chi connectivity index (χ0v) is 15.6. The maximum atomic E-state index is 11.7. The number of carbonyl (C=O) groups is 1. The van der Waals surface area contributed by atoms with Crippen LogP contribution >= 0.6 is 0 Å². The Morgan fingerprint density at radius 3 is 2.44 bits per heavy atom. The van der Waals surface area contributed by atoms with E-state index >= 15 is 0 Å². The van der Waals surface area contributed by atoms with E-state index in [1.54, 1.807) is 13.1 Å². The van der Waals surface area contributed by atoms with E-state index in [-0.39, 0.29) is 17.2 Å². The van der Waals surface area contributed by atoms with Gasteiger partial charge < -0.3 is 10.0 Å². The average Bonchev–Trinajstić information content (AvgIpc) is 2.44. The van der Waals surface area contributed by atoms with E-state index in [1.165, 1.54) is 4.90 Å². The molecule has 0 radical (unpaired) electrons. The van der Waals surface area contributed by atoms with Gasteiger partial charge in [0.25, 0.3) is 5.69 Å². The Morgan fingerprint density at radius 1 is 1.40 bits per heavy atom. The Morgan fingerprint density at radius 2 is 2.00 bits per heavy atom. The SMILES string of the molecule is Cc1ncc(C2=CCN(C(=O)O)CC2(C)C)c(C(C)(C)C)c1[N+](=O)[O-]. The molecule has 1 aromatic heterocycles. The molecule has 1 N–H and O–H groups in total. The second-order valence-electron chi connectivity index (χ2n) is 8.15. The molecular weight excluding hydrogens is 322 g/mol. The molecule has 7 nitrogen and oxygen atoms in total. The summed E-state index contributed by atoms with van der Waals surface area (Å²) in [7, 11) is 0. The lowest BCUT2D eigenvalue weighted by atomic mass is 9.72. The Hall–Kier alpha value is -2.44. The van der Waals surface area contributed by atoms with Crippen molar-refractivity contribution in [2.45, 2.75) is 47.0 Å². The molecule has 2 rings (SSSR count). The molecule has 0 atom stereocenters. The topological polar surface area (TPSA) is 96.6 Å². The number of hydrogen-bond donors (Lipinski definition) is 1. The normalized spacial score (nSPS) is 17.2. The van der Waals surface area contributed by atoms with Gasteiger partial charge in [0.1, 0.15) is 5.69 Å². The summed E-state index contributed by atoms with van der Waals surface area (Å²) in [4.78, 5) is 28.2. The molecule has 1 aromatic rings. The van der Waals surface area contributed by atoms with E-state index in [4.69, 9.17) is 0 Å². The van der Waals surface area contributed by atoms with E-state index in [1.807, 2.05) is 40.7 Å². The quantitative estimate of drug-likeness (QED) is 0.644. The molecule has 0 saturated heterocycles. The largest absolute Gasteiger partial charge is 0.465 e. The van der Waals surface area contributed by atoms with E-state index in [0.29, 0.717) is 17.8 Å². The summed E-state index contributed by atoms with van der Waals surface area (Å²) in [5.74, 6) is 0. The van der Waals surface area contributed by atoms with Crippen molar-refractivity contribution in [3.63, 3.8) is 0 Å². The van der Waals surface area contributed by atoms with Gasteiger partial charge in [-0.15, -0.1) is 0 Å². The first-order valence-corrected chi connectivity index (χ1v) is 8.19. The molecule has 2 heterocycles. The number of aromatic nitrogens is 1. The molecule has 0 aliphatic carbocycles. The lowest BCUT2D eigenvalue weighted by Gasteiger charge is -2.39. The molecule has 0 bridgehead atoms. The number of nitrogens with zero attached hydrogens (tertiary/aromatic N) is 3. The fraction of sp³-hybridized carbons (Fsp3) is 0.556. The van der Waals surface area contributed by atoms with Crippen molar-refractivity contribution in [2.24, 2.45) is 5.41 Å². The van der Waals surface area contributed by atoms with Crippen molar-refractivity contribution >= 4 is 17.4 Å². The predicted octanol–water partition coefficient (Wildman–Crippen LogP) is 4.00. The second kappa shape index (κ2) is 6.13. The van der Waals surface area contributed by atoms with E-state index in [9.17, 15) is 20.0 Å². The molecule has 1 aliphatic heterocycles. The van der Waals surface area contributed by atoms with Crippen molar-refractivity contribution in [3.8, 4) is 0 Å². The molecule has 25 heavy (non-hydrogen) atoms. The molecule has 0 aromatic carbocycles.